The lowest BCUT2D eigenvalue weighted by Crippen LogP contribution is -2.15. The van der Waals surface area contributed by atoms with Crippen molar-refractivity contribution >= 4 is 60.2 Å². The van der Waals surface area contributed by atoms with Gasteiger partial charge in [0, 0.05) is 22.5 Å². The van der Waals surface area contributed by atoms with E-state index in [0.29, 0.717) is 0 Å². The molecule has 236 valence electrons. The van der Waals surface area contributed by atoms with Crippen LogP contribution in [0.1, 0.15) is 25.0 Å². The monoisotopic (exact) mass is 637 g/mol. The normalized spacial score (nSPS) is 13.2. The van der Waals surface area contributed by atoms with Gasteiger partial charge < -0.3 is 4.90 Å². The minimum absolute atomic E-state index is 0.0474. The average molecular weight is 638 g/mol. The summed E-state index contributed by atoms with van der Waals surface area (Å²) in [5, 5.41) is 10.2. The standard InChI is InChI=1S/C49H35N/c1-49(2)45-18-9-8-17-42(45)44-31-40(27-28-46(44)49)50(38-15-10-14-37(29-38)32-11-4-3-5-12-32)39-26-25-34-20-22-36-24-23-35-21-19-33-13-6-7-16-41(33)47(35)48(36)43(34)30-39/h3-31H,1-2H3. The van der Waals surface area contributed by atoms with Crippen molar-refractivity contribution in [2.45, 2.75) is 19.3 Å². The molecule has 10 rings (SSSR count). The second kappa shape index (κ2) is 10.9. The Morgan fingerprint density at radius 1 is 0.360 bits per heavy atom. The molecule has 0 aromatic heterocycles. The van der Waals surface area contributed by atoms with Gasteiger partial charge in [0.15, 0.2) is 0 Å². The Kier molecular flexibility index (Phi) is 6.29. The highest BCUT2D eigenvalue weighted by Gasteiger charge is 2.35. The first-order valence-electron chi connectivity index (χ1n) is 17.5. The summed E-state index contributed by atoms with van der Waals surface area (Å²) in [5.41, 5.74) is 11.2. The van der Waals surface area contributed by atoms with Crippen molar-refractivity contribution in [3.8, 4) is 22.3 Å². The number of hydrogen-bond donors (Lipinski definition) is 0. The zero-order valence-corrected chi connectivity index (χ0v) is 28.2. The van der Waals surface area contributed by atoms with E-state index >= 15 is 0 Å². The minimum atomic E-state index is -0.0474. The van der Waals surface area contributed by atoms with Gasteiger partial charge in [-0.25, -0.2) is 0 Å². The highest BCUT2D eigenvalue weighted by molar-refractivity contribution is 6.27. The predicted octanol–water partition coefficient (Wildman–Crippen LogP) is 13.7. The van der Waals surface area contributed by atoms with E-state index in [9.17, 15) is 0 Å². The molecule has 0 unspecified atom stereocenters. The summed E-state index contributed by atoms with van der Waals surface area (Å²) >= 11 is 0. The molecule has 0 spiro atoms. The van der Waals surface area contributed by atoms with Gasteiger partial charge in [-0.2, -0.15) is 0 Å². The van der Waals surface area contributed by atoms with Crippen molar-refractivity contribution in [1.82, 2.24) is 0 Å². The van der Waals surface area contributed by atoms with E-state index in [4.69, 9.17) is 0 Å². The van der Waals surface area contributed by atoms with Gasteiger partial charge in [0.05, 0.1) is 0 Å². The van der Waals surface area contributed by atoms with E-state index in [1.165, 1.54) is 76.5 Å². The maximum atomic E-state index is 2.45. The van der Waals surface area contributed by atoms with Gasteiger partial charge in [-0.05, 0) is 113 Å². The molecule has 9 aromatic carbocycles. The fraction of sp³-hybridized carbons (Fsp3) is 0.0612. The van der Waals surface area contributed by atoms with Crippen LogP contribution in [-0.2, 0) is 5.41 Å². The zero-order valence-electron chi connectivity index (χ0n) is 28.2. The van der Waals surface area contributed by atoms with Crippen LogP contribution in [0.25, 0.3) is 65.3 Å². The van der Waals surface area contributed by atoms with E-state index < -0.39 is 0 Å². The smallest absolute Gasteiger partial charge is 0.0468 e. The van der Waals surface area contributed by atoms with E-state index in [1.54, 1.807) is 0 Å². The van der Waals surface area contributed by atoms with Crippen molar-refractivity contribution in [3.63, 3.8) is 0 Å². The number of hydrogen-bond acceptors (Lipinski definition) is 1. The zero-order chi connectivity index (χ0) is 33.4. The Labute approximate surface area is 292 Å². The Morgan fingerprint density at radius 3 is 1.74 bits per heavy atom. The van der Waals surface area contributed by atoms with Crippen LogP contribution >= 0.6 is 0 Å². The molecule has 1 nitrogen and oxygen atoms in total. The van der Waals surface area contributed by atoms with Crippen LogP contribution < -0.4 is 4.90 Å². The molecule has 0 fully saturated rings. The first-order chi connectivity index (χ1) is 24.5. The van der Waals surface area contributed by atoms with E-state index in [-0.39, 0.29) is 5.41 Å². The average Bonchev–Trinajstić information content (AvgIpc) is 3.40. The van der Waals surface area contributed by atoms with Crippen LogP contribution in [0.5, 0.6) is 0 Å². The van der Waals surface area contributed by atoms with E-state index in [2.05, 4.69) is 195 Å². The van der Waals surface area contributed by atoms with Crippen molar-refractivity contribution in [1.29, 1.82) is 0 Å². The third-order valence-electron chi connectivity index (χ3n) is 11.0. The molecule has 0 amide bonds. The van der Waals surface area contributed by atoms with Crippen LogP contribution in [-0.4, -0.2) is 0 Å². The van der Waals surface area contributed by atoms with Gasteiger partial charge in [-0.15, -0.1) is 0 Å². The quantitative estimate of drug-likeness (QED) is 0.174. The molecule has 0 bridgehead atoms. The van der Waals surface area contributed by atoms with Gasteiger partial charge in [0.1, 0.15) is 0 Å². The fourth-order valence-corrected chi connectivity index (χ4v) is 8.52. The molecule has 0 saturated heterocycles. The SMILES string of the molecule is CC1(C)c2ccccc2-c2cc(N(c3cccc(-c4ccccc4)c3)c3ccc4ccc5ccc6ccc7ccccc7c6c5c4c3)ccc21. The van der Waals surface area contributed by atoms with Crippen LogP contribution in [0.4, 0.5) is 17.1 Å². The highest BCUT2D eigenvalue weighted by atomic mass is 15.1. The fourth-order valence-electron chi connectivity index (χ4n) is 8.52. The van der Waals surface area contributed by atoms with Crippen molar-refractivity contribution in [3.05, 3.63) is 187 Å². The lowest BCUT2D eigenvalue weighted by molar-refractivity contribution is 0.660. The summed E-state index contributed by atoms with van der Waals surface area (Å²) in [5.74, 6) is 0. The summed E-state index contributed by atoms with van der Waals surface area (Å²) in [6, 6.07) is 65.0. The molecule has 0 atom stereocenters. The molecule has 1 heteroatoms. The maximum absolute atomic E-state index is 2.45. The lowest BCUT2D eigenvalue weighted by atomic mass is 9.82. The largest absolute Gasteiger partial charge is 0.310 e. The Balaban J connectivity index is 1.25. The number of fused-ring (bicyclic) bond motifs is 10. The molecule has 0 saturated carbocycles. The summed E-state index contributed by atoms with van der Waals surface area (Å²) in [7, 11) is 0. The molecule has 0 radical (unpaired) electrons. The second-order valence-corrected chi connectivity index (χ2v) is 14.2. The van der Waals surface area contributed by atoms with Crippen molar-refractivity contribution in [2.75, 3.05) is 4.90 Å². The summed E-state index contributed by atoms with van der Waals surface area (Å²) in [4.78, 5) is 2.45. The summed E-state index contributed by atoms with van der Waals surface area (Å²) in [6.45, 7) is 4.70. The number of nitrogens with zero attached hydrogens (tertiary/aromatic N) is 1. The second-order valence-electron chi connectivity index (χ2n) is 14.2. The minimum Gasteiger partial charge on any atom is -0.310 e. The van der Waals surface area contributed by atoms with E-state index in [0.717, 1.165) is 17.1 Å². The highest BCUT2D eigenvalue weighted by Crippen LogP contribution is 2.51. The number of rotatable bonds is 4. The van der Waals surface area contributed by atoms with Gasteiger partial charge >= 0.3 is 0 Å². The molecule has 1 aliphatic carbocycles. The molecule has 0 heterocycles. The molecule has 50 heavy (non-hydrogen) atoms. The van der Waals surface area contributed by atoms with Crippen LogP contribution in [0.3, 0.4) is 0 Å². The Hall–Kier alpha value is -6.18. The predicted molar refractivity (Wildman–Crippen MR) is 214 cm³/mol. The molecular weight excluding hydrogens is 603 g/mol. The topological polar surface area (TPSA) is 3.24 Å². The number of anilines is 3. The Morgan fingerprint density at radius 2 is 0.920 bits per heavy atom. The molecule has 9 aromatic rings. The van der Waals surface area contributed by atoms with Crippen molar-refractivity contribution < 1.29 is 0 Å². The molecule has 0 N–H and O–H groups in total. The third-order valence-corrected chi connectivity index (χ3v) is 11.0. The van der Waals surface area contributed by atoms with E-state index in [1.807, 2.05) is 0 Å². The summed E-state index contributed by atoms with van der Waals surface area (Å²) in [6.07, 6.45) is 0. The molecule has 1 aliphatic rings. The van der Waals surface area contributed by atoms with Crippen molar-refractivity contribution in [2.24, 2.45) is 0 Å². The summed E-state index contributed by atoms with van der Waals surface area (Å²) < 4.78 is 0. The van der Waals surface area contributed by atoms with Crippen LogP contribution in [0.15, 0.2) is 176 Å². The third kappa shape index (κ3) is 4.33. The number of benzene rings is 9. The first kappa shape index (κ1) is 28.8. The first-order valence-corrected chi connectivity index (χ1v) is 17.5. The molecule has 0 aliphatic heterocycles. The maximum Gasteiger partial charge on any atom is 0.0468 e. The van der Waals surface area contributed by atoms with Gasteiger partial charge in [-0.3, -0.25) is 0 Å². The van der Waals surface area contributed by atoms with Crippen LogP contribution in [0, 0.1) is 0 Å². The van der Waals surface area contributed by atoms with Gasteiger partial charge in [0.2, 0.25) is 0 Å². The lowest BCUT2D eigenvalue weighted by Gasteiger charge is -2.28. The van der Waals surface area contributed by atoms with Crippen LogP contribution in [0.2, 0.25) is 0 Å². The van der Waals surface area contributed by atoms with Gasteiger partial charge in [0.25, 0.3) is 0 Å². The molecular formula is C49H35N. The van der Waals surface area contributed by atoms with Gasteiger partial charge in [-0.1, -0.05) is 153 Å². The Bertz CT molecular complexity index is 2780.